The molecule has 0 saturated carbocycles. The molecular weight excluding hydrogens is 392 g/mol. The molecule has 0 aliphatic carbocycles. The van der Waals surface area contributed by atoms with Crippen molar-refractivity contribution in [2.24, 2.45) is 0 Å². The molecule has 0 atom stereocenters. The second-order valence-electron chi connectivity index (χ2n) is 3.81. The van der Waals surface area contributed by atoms with Crippen LogP contribution in [0, 0.1) is 5.82 Å². The van der Waals surface area contributed by atoms with Crippen LogP contribution in [-0.4, -0.2) is 8.42 Å². The first-order chi connectivity index (χ1) is 9.29. The number of rotatable bonds is 3. The summed E-state index contributed by atoms with van der Waals surface area (Å²) in [5, 5.41) is 0.366. The molecule has 0 aliphatic rings. The fourth-order valence-electron chi connectivity index (χ4n) is 1.42. The molecule has 0 aromatic heterocycles. The molecule has 2 rings (SSSR count). The van der Waals surface area contributed by atoms with Crippen molar-refractivity contribution in [2.75, 3.05) is 4.72 Å². The molecule has 0 aliphatic heterocycles. The predicted molar refractivity (Wildman–Crippen MR) is 81.4 cm³/mol. The lowest BCUT2D eigenvalue weighted by atomic mass is 10.3. The summed E-state index contributed by atoms with van der Waals surface area (Å²) in [6.07, 6.45) is 0. The number of sulfonamides is 1. The van der Waals surface area contributed by atoms with Crippen molar-refractivity contribution in [1.29, 1.82) is 0 Å². The molecule has 3 nitrogen and oxygen atoms in total. The summed E-state index contributed by atoms with van der Waals surface area (Å²) in [4.78, 5) is 0.00849. The first-order valence-electron chi connectivity index (χ1n) is 5.22. The number of nitrogens with one attached hydrogen (secondary N) is 1. The van der Waals surface area contributed by atoms with Gasteiger partial charge in [-0.1, -0.05) is 23.2 Å². The van der Waals surface area contributed by atoms with Gasteiger partial charge in [-0.3, -0.25) is 4.72 Å². The Balaban J connectivity index is 2.38. The third kappa shape index (κ3) is 3.44. The predicted octanol–water partition coefficient (Wildman–Crippen LogP) is 4.70. The molecule has 106 valence electrons. The van der Waals surface area contributed by atoms with Gasteiger partial charge in [0.1, 0.15) is 5.82 Å². The Hall–Kier alpha value is -0.820. The van der Waals surface area contributed by atoms with Crippen LogP contribution in [0.2, 0.25) is 10.0 Å². The Morgan fingerprint density at radius 2 is 1.75 bits per heavy atom. The van der Waals surface area contributed by atoms with E-state index >= 15 is 0 Å². The Morgan fingerprint density at radius 1 is 1.05 bits per heavy atom. The first-order valence-corrected chi connectivity index (χ1v) is 8.26. The van der Waals surface area contributed by atoms with Gasteiger partial charge in [-0.2, -0.15) is 0 Å². The van der Waals surface area contributed by atoms with E-state index in [9.17, 15) is 12.8 Å². The van der Waals surface area contributed by atoms with E-state index in [1.807, 2.05) is 0 Å². The van der Waals surface area contributed by atoms with Crippen LogP contribution >= 0.6 is 39.1 Å². The fourth-order valence-corrected chi connectivity index (χ4v) is 3.44. The zero-order valence-corrected chi connectivity index (χ0v) is 13.6. The molecule has 0 spiro atoms. The molecule has 2 aromatic carbocycles. The molecule has 1 N–H and O–H groups in total. The van der Waals surface area contributed by atoms with Crippen molar-refractivity contribution < 1.29 is 12.8 Å². The van der Waals surface area contributed by atoms with Gasteiger partial charge in [-0.15, -0.1) is 0 Å². The molecular formula is C12H7BrCl2FNO2S. The summed E-state index contributed by atoms with van der Waals surface area (Å²) in [7, 11) is -3.83. The molecule has 2 aromatic rings. The molecule has 0 bridgehead atoms. The van der Waals surface area contributed by atoms with Crippen LogP contribution in [0.1, 0.15) is 0 Å². The molecule has 20 heavy (non-hydrogen) atoms. The fraction of sp³-hybridized carbons (Fsp3) is 0. The maximum Gasteiger partial charge on any atom is 0.261 e. The standard InChI is InChI=1S/C12H7BrCl2FNO2S/c13-9-6-8(2-3-10(9)14)20(18,19)17-12-4-1-7(16)5-11(12)15/h1-6,17H. The summed E-state index contributed by atoms with van der Waals surface area (Å²) in [6, 6.07) is 7.56. The second kappa shape index (κ2) is 5.89. The average Bonchev–Trinajstić information content (AvgIpc) is 2.36. The maximum absolute atomic E-state index is 12.9. The van der Waals surface area contributed by atoms with Crippen molar-refractivity contribution >= 4 is 54.8 Å². The zero-order valence-electron chi connectivity index (χ0n) is 9.70. The van der Waals surface area contributed by atoms with E-state index in [2.05, 4.69) is 20.7 Å². The summed E-state index contributed by atoms with van der Waals surface area (Å²) < 4.78 is 40.0. The zero-order chi connectivity index (χ0) is 14.9. The van der Waals surface area contributed by atoms with E-state index in [0.29, 0.717) is 9.50 Å². The van der Waals surface area contributed by atoms with Crippen molar-refractivity contribution in [2.45, 2.75) is 4.90 Å². The molecule has 0 heterocycles. The Labute approximate surface area is 133 Å². The van der Waals surface area contributed by atoms with Crippen LogP contribution < -0.4 is 4.72 Å². The third-order valence-corrected chi connectivity index (χ3v) is 5.27. The Kier molecular flexibility index (Phi) is 4.59. The minimum atomic E-state index is -3.83. The number of halogens is 4. The smallest absolute Gasteiger partial charge is 0.261 e. The minimum Gasteiger partial charge on any atom is -0.278 e. The highest BCUT2D eigenvalue weighted by molar-refractivity contribution is 9.10. The Morgan fingerprint density at radius 3 is 2.35 bits per heavy atom. The highest BCUT2D eigenvalue weighted by Crippen LogP contribution is 2.28. The highest BCUT2D eigenvalue weighted by atomic mass is 79.9. The number of anilines is 1. The van der Waals surface area contributed by atoms with Gasteiger partial charge in [0.15, 0.2) is 0 Å². The van der Waals surface area contributed by atoms with E-state index in [0.717, 1.165) is 12.1 Å². The van der Waals surface area contributed by atoms with Gasteiger partial charge in [0.2, 0.25) is 0 Å². The van der Waals surface area contributed by atoms with Crippen LogP contribution in [0.25, 0.3) is 0 Å². The van der Waals surface area contributed by atoms with Crippen molar-refractivity contribution in [3.05, 3.63) is 56.7 Å². The summed E-state index contributed by atoms with van der Waals surface area (Å²) >= 11 is 14.7. The lowest BCUT2D eigenvalue weighted by molar-refractivity contribution is 0.601. The first kappa shape index (κ1) is 15.6. The second-order valence-corrected chi connectivity index (χ2v) is 7.16. The van der Waals surface area contributed by atoms with E-state index in [-0.39, 0.29) is 15.6 Å². The van der Waals surface area contributed by atoms with Crippen molar-refractivity contribution in [3.8, 4) is 0 Å². The van der Waals surface area contributed by atoms with E-state index in [1.54, 1.807) is 0 Å². The van der Waals surface area contributed by atoms with Crippen molar-refractivity contribution in [1.82, 2.24) is 0 Å². The van der Waals surface area contributed by atoms with Gasteiger partial charge < -0.3 is 0 Å². The van der Waals surface area contributed by atoms with Crippen LogP contribution in [0.3, 0.4) is 0 Å². The lowest BCUT2D eigenvalue weighted by Crippen LogP contribution is -2.13. The molecule has 0 radical (unpaired) electrons. The lowest BCUT2D eigenvalue weighted by Gasteiger charge is -2.10. The third-order valence-electron chi connectivity index (χ3n) is 2.38. The van der Waals surface area contributed by atoms with Crippen LogP contribution in [0.5, 0.6) is 0 Å². The quantitative estimate of drug-likeness (QED) is 0.814. The number of hydrogen-bond donors (Lipinski definition) is 1. The minimum absolute atomic E-state index is 0.00849. The molecule has 0 unspecified atom stereocenters. The van der Waals surface area contributed by atoms with Gasteiger partial charge in [-0.05, 0) is 52.3 Å². The monoisotopic (exact) mass is 397 g/mol. The largest absolute Gasteiger partial charge is 0.278 e. The summed E-state index contributed by atoms with van der Waals surface area (Å²) in [5.74, 6) is -0.549. The van der Waals surface area contributed by atoms with Gasteiger partial charge in [0, 0.05) is 4.47 Å². The van der Waals surface area contributed by atoms with Crippen molar-refractivity contribution in [3.63, 3.8) is 0 Å². The average molecular weight is 399 g/mol. The van der Waals surface area contributed by atoms with E-state index in [1.165, 1.54) is 24.3 Å². The SMILES string of the molecule is O=S(=O)(Nc1ccc(F)cc1Cl)c1ccc(Cl)c(Br)c1. The highest BCUT2D eigenvalue weighted by Gasteiger charge is 2.17. The normalized spacial score (nSPS) is 11.4. The topological polar surface area (TPSA) is 46.2 Å². The van der Waals surface area contributed by atoms with Crippen LogP contribution in [0.15, 0.2) is 45.8 Å². The summed E-state index contributed by atoms with van der Waals surface area (Å²) in [6.45, 7) is 0. The van der Waals surface area contributed by atoms with E-state index in [4.69, 9.17) is 23.2 Å². The van der Waals surface area contributed by atoms with Gasteiger partial charge in [0.25, 0.3) is 10.0 Å². The molecule has 0 amide bonds. The van der Waals surface area contributed by atoms with Gasteiger partial charge in [0.05, 0.1) is 20.6 Å². The van der Waals surface area contributed by atoms with Gasteiger partial charge in [-0.25, -0.2) is 12.8 Å². The van der Waals surface area contributed by atoms with Crippen LogP contribution in [0.4, 0.5) is 10.1 Å². The summed E-state index contributed by atoms with van der Waals surface area (Å²) in [5.41, 5.74) is 0.0964. The molecule has 8 heteroatoms. The molecule has 0 saturated heterocycles. The molecule has 0 fully saturated rings. The van der Waals surface area contributed by atoms with Gasteiger partial charge >= 0.3 is 0 Å². The maximum atomic E-state index is 12.9. The van der Waals surface area contributed by atoms with Crippen LogP contribution in [-0.2, 0) is 10.0 Å². The number of hydrogen-bond acceptors (Lipinski definition) is 2. The Bertz CT molecular complexity index is 768. The number of benzene rings is 2. The van der Waals surface area contributed by atoms with E-state index < -0.39 is 15.8 Å².